The van der Waals surface area contributed by atoms with Gasteiger partial charge >= 0.3 is 0 Å². The summed E-state index contributed by atoms with van der Waals surface area (Å²) in [5.74, 6) is 0.460. The van der Waals surface area contributed by atoms with Crippen LogP contribution in [0.4, 0.5) is 0 Å². The number of unbranched alkanes of at least 4 members (excludes halogenated alkanes) is 3. The summed E-state index contributed by atoms with van der Waals surface area (Å²) < 4.78 is 0. The molecular weight excluding hydrogens is 216 g/mol. The molecule has 4 nitrogen and oxygen atoms in total. The van der Waals surface area contributed by atoms with Gasteiger partial charge in [-0.05, 0) is 31.7 Å². The topological polar surface area (TPSA) is 66.6 Å². The van der Waals surface area contributed by atoms with Gasteiger partial charge in [0.1, 0.15) is 0 Å². The maximum Gasteiger partial charge on any atom is 0.222 e. The number of nitrogens with zero attached hydrogens (tertiary/aromatic N) is 1. The summed E-state index contributed by atoms with van der Waals surface area (Å²) in [6.07, 6.45) is 5.37. The van der Waals surface area contributed by atoms with Crippen molar-refractivity contribution in [1.29, 1.82) is 0 Å². The zero-order chi connectivity index (χ0) is 12.7. The SMILES string of the molecule is CC1CN(C(=O)CCCCCCN)CCC1O. The Morgan fingerprint density at radius 1 is 1.35 bits per heavy atom. The van der Waals surface area contributed by atoms with Gasteiger partial charge < -0.3 is 15.7 Å². The predicted molar refractivity (Wildman–Crippen MR) is 68.5 cm³/mol. The van der Waals surface area contributed by atoms with Gasteiger partial charge in [0.25, 0.3) is 0 Å². The van der Waals surface area contributed by atoms with Crippen molar-refractivity contribution in [2.75, 3.05) is 19.6 Å². The number of carbonyl (C=O) groups is 1. The van der Waals surface area contributed by atoms with E-state index in [-0.39, 0.29) is 17.9 Å². The Balaban J connectivity index is 2.15. The first-order valence-corrected chi connectivity index (χ1v) is 6.81. The molecule has 3 N–H and O–H groups in total. The molecule has 1 saturated heterocycles. The molecule has 100 valence electrons. The molecule has 1 fully saturated rings. The minimum Gasteiger partial charge on any atom is -0.393 e. The number of hydrogen-bond acceptors (Lipinski definition) is 3. The van der Waals surface area contributed by atoms with Crippen LogP contribution in [-0.2, 0) is 4.79 Å². The molecule has 1 rings (SSSR count). The molecule has 0 aromatic carbocycles. The molecule has 0 saturated carbocycles. The van der Waals surface area contributed by atoms with Crippen LogP contribution in [0.5, 0.6) is 0 Å². The van der Waals surface area contributed by atoms with E-state index in [1.54, 1.807) is 0 Å². The van der Waals surface area contributed by atoms with E-state index < -0.39 is 0 Å². The highest BCUT2D eigenvalue weighted by molar-refractivity contribution is 5.76. The number of carbonyl (C=O) groups excluding carboxylic acids is 1. The van der Waals surface area contributed by atoms with Crippen LogP contribution < -0.4 is 5.73 Å². The lowest BCUT2D eigenvalue weighted by atomic mass is 9.96. The van der Waals surface area contributed by atoms with E-state index in [1.165, 1.54) is 0 Å². The van der Waals surface area contributed by atoms with Crippen molar-refractivity contribution >= 4 is 5.91 Å². The van der Waals surface area contributed by atoms with Gasteiger partial charge in [-0.2, -0.15) is 0 Å². The second kappa shape index (κ2) is 7.67. The lowest BCUT2D eigenvalue weighted by Gasteiger charge is -2.34. The molecule has 0 radical (unpaired) electrons. The third-order valence-corrected chi connectivity index (χ3v) is 3.56. The van der Waals surface area contributed by atoms with E-state index in [0.29, 0.717) is 19.5 Å². The normalized spacial score (nSPS) is 25.0. The maximum atomic E-state index is 11.9. The first kappa shape index (κ1) is 14.5. The molecule has 0 aliphatic carbocycles. The first-order chi connectivity index (χ1) is 8.15. The Hall–Kier alpha value is -0.610. The number of likely N-dealkylation sites (tertiary alicyclic amines) is 1. The number of rotatable bonds is 6. The van der Waals surface area contributed by atoms with E-state index in [2.05, 4.69) is 0 Å². The molecule has 1 amide bonds. The van der Waals surface area contributed by atoms with E-state index in [4.69, 9.17) is 5.73 Å². The lowest BCUT2D eigenvalue weighted by molar-refractivity contribution is -0.134. The standard InChI is InChI=1S/C13H26N2O2/c1-11-10-15(9-7-12(11)16)13(17)6-4-2-3-5-8-14/h11-12,16H,2-10,14H2,1H3. The molecule has 1 aliphatic heterocycles. The summed E-state index contributed by atoms with van der Waals surface area (Å²) in [5, 5.41) is 9.60. The average Bonchev–Trinajstić information content (AvgIpc) is 2.32. The lowest BCUT2D eigenvalue weighted by Crippen LogP contribution is -2.44. The van der Waals surface area contributed by atoms with E-state index in [9.17, 15) is 9.90 Å². The highest BCUT2D eigenvalue weighted by Gasteiger charge is 2.26. The van der Waals surface area contributed by atoms with Crippen molar-refractivity contribution in [1.82, 2.24) is 4.90 Å². The molecular formula is C13H26N2O2. The van der Waals surface area contributed by atoms with Crippen LogP contribution >= 0.6 is 0 Å². The summed E-state index contributed by atoms with van der Waals surface area (Å²) in [4.78, 5) is 13.8. The highest BCUT2D eigenvalue weighted by atomic mass is 16.3. The Labute approximate surface area is 104 Å². The zero-order valence-electron chi connectivity index (χ0n) is 10.9. The monoisotopic (exact) mass is 242 g/mol. The van der Waals surface area contributed by atoms with Gasteiger partial charge in [-0.25, -0.2) is 0 Å². The number of aliphatic hydroxyl groups is 1. The molecule has 0 aromatic rings. The second-order valence-corrected chi connectivity index (χ2v) is 5.13. The molecule has 0 spiro atoms. The highest BCUT2D eigenvalue weighted by Crippen LogP contribution is 2.17. The maximum absolute atomic E-state index is 11.9. The largest absolute Gasteiger partial charge is 0.393 e. The minimum atomic E-state index is -0.233. The van der Waals surface area contributed by atoms with Crippen molar-refractivity contribution < 1.29 is 9.90 Å². The van der Waals surface area contributed by atoms with Crippen LogP contribution in [0.3, 0.4) is 0 Å². The molecule has 4 heteroatoms. The number of hydrogen-bond donors (Lipinski definition) is 2. The van der Waals surface area contributed by atoms with Crippen LogP contribution in [-0.4, -0.2) is 41.7 Å². The first-order valence-electron chi connectivity index (χ1n) is 6.81. The van der Waals surface area contributed by atoms with Crippen molar-refractivity contribution in [3.05, 3.63) is 0 Å². The molecule has 2 unspecified atom stereocenters. The van der Waals surface area contributed by atoms with Crippen molar-refractivity contribution in [3.8, 4) is 0 Å². The quantitative estimate of drug-likeness (QED) is 0.686. The van der Waals surface area contributed by atoms with Crippen LogP contribution in [0, 0.1) is 5.92 Å². The number of piperidine rings is 1. The van der Waals surface area contributed by atoms with Gasteiger partial charge in [0.2, 0.25) is 5.91 Å². The number of amides is 1. The third kappa shape index (κ3) is 5.04. The van der Waals surface area contributed by atoms with Crippen LogP contribution in [0.25, 0.3) is 0 Å². The summed E-state index contributed by atoms with van der Waals surface area (Å²) in [6.45, 7) is 4.18. The van der Waals surface area contributed by atoms with Gasteiger partial charge in [-0.15, -0.1) is 0 Å². The van der Waals surface area contributed by atoms with Gasteiger partial charge in [-0.1, -0.05) is 19.8 Å². The van der Waals surface area contributed by atoms with Crippen LogP contribution in [0.15, 0.2) is 0 Å². The Bertz CT molecular complexity index is 233. The average molecular weight is 242 g/mol. The molecule has 17 heavy (non-hydrogen) atoms. The van der Waals surface area contributed by atoms with E-state index in [1.807, 2.05) is 11.8 Å². The Kier molecular flexibility index (Phi) is 6.52. The summed E-state index contributed by atoms with van der Waals surface area (Å²) in [7, 11) is 0. The molecule has 1 aliphatic rings. The van der Waals surface area contributed by atoms with Crippen molar-refractivity contribution in [3.63, 3.8) is 0 Å². The third-order valence-electron chi connectivity index (χ3n) is 3.56. The van der Waals surface area contributed by atoms with E-state index >= 15 is 0 Å². The molecule has 1 heterocycles. The fraction of sp³-hybridized carbons (Fsp3) is 0.923. The fourth-order valence-electron chi connectivity index (χ4n) is 2.29. The molecule has 0 aromatic heterocycles. The minimum absolute atomic E-state index is 0.213. The Morgan fingerprint density at radius 3 is 2.71 bits per heavy atom. The summed E-state index contributed by atoms with van der Waals surface area (Å²) in [5.41, 5.74) is 5.42. The smallest absolute Gasteiger partial charge is 0.222 e. The van der Waals surface area contributed by atoms with Gasteiger partial charge in [0.05, 0.1) is 6.10 Å². The Morgan fingerprint density at radius 2 is 2.06 bits per heavy atom. The predicted octanol–water partition coefficient (Wildman–Crippen LogP) is 1.12. The molecule has 2 atom stereocenters. The number of nitrogens with two attached hydrogens (primary N) is 1. The number of aliphatic hydroxyl groups excluding tert-OH is 1. The zero-order valence-corrected chi connectivity index (χ0v) is 10.9. The summed E-state index contributed by atoms with van der Waals surface area (Å²) >= 11 is 0. The van der Waals surface area contributed by atoms with E-state index in [0.717, 1.165) is 38.6 Å². The van der Waals surface area contributed by atoms with Crippen molar-refractivity contribution in [2.45, 2.75) is 51.6 Å². The summed E-state index contributed by atoms with van der Waals surface area (Å²) in [6, 6.07) is 0. The molecule has 0 bridgehead atoms. The fourth-order valence-corrected chi connectivity index (χ4v) is 2.29. The van der Waals surface area contributed by atoms with Gasteiger partial charge in [-0.3, -0.25) is 4.79 Å². The second-order valence-electron chi connectivity index (χ2n) is 5.13. The van der Waals surface area contributed by atoms with Crippen molar-refractivity contribution in [2.24, 2.45) is 11.7 Å². The van der Waals surface area contributed by atoms with Gasteiger partial charge in [0.15, 0.2) is 0 Å². The van der Waals surface area contributed by atoms with Gasteiger partial charge in [0, 0.05) is 19.5 Å². The van der Waals surface area contributed by atoms with Crippen LogP contribution in [0.1, 0.15) is 45.4 Å². The van der Waals surface area contributed by atoms with Crippen LogP contribution in [0.2, 0.25) is 0 Å².